The lowest BCUT2D eigenvalue weighted by Gasteiger charge is -2.26. The molecule has 1 aliphatic heterocycles. The first-order chi connectivity index (χ1) is 10.5. The summed E-state index contributed by atoms with van der Waals surface area (Å²) in [6, 6.07) is 3.60. The van der Waals surface area contributed by atoms with Gasteiger partial charge in [-0.1, -0.05) is 5.16 Å². The Morgan fingerprint density at radius 3 is 2.68 bits per heavy atom. The summed E-state index contributed by atoms with van der Waals surface area (Å²) in [6.07, 6.45) is 1.91. The minimum atomic E-state index is -0.307. The maximum absolute atomic E-state index is 12.9. The maximum atomic E-state index is 12.9. The first-order valence-corrected chi connectivity index (χ1v) is 7.74. The van der Waals surface area contributed by atoms with Gasteiger partial charge in [0.15, 0.2) is 5.76 Å². The topological polar surface area (TPSA) is 64.2 Å². The van der Waals surface area contributed by atoms with Crippen LogP contribution < -0.4 is 0 Å². The van der Waals surface area contributed by atoms with E-state index >= 15 is 0 Å². The van der Waals surface area contributed by atoms with Crippen LogP contribution in [0.4, 0.5) is 0 Å². The fraction of sp³-hybridized carbons (Fsp3) is 0.562. The SMILES string of the molecule is Cc1cc([C@H]2CCCN2C(=O)[C@H](C)n2nc(C)cc2C)on1. The monoisotopic (exact) mass is 302 g/mol. The molecule has 0 aromatic carbocycles. The molecule has 22 heavy (non-hydrogen) atoms. The molecular weight excluding hydrogens is 280 g/mol. The summed E-state index contributed by atoms with van der Waals surface area (Å²) in [5.41, 5.74) is 2.78. The third-order valence-electron chi connectivity index (χ3n) is 4.28. The van der Waals surface area contributed by atoms with Gasteiger partial charge in [0.25, 0.3) is 0 Å². The number of aromatic nitrogens is 3. The lowest BCUT2D eigenvalue weighted by atomic mass is 10.1. The van der Waals surface area contributed by atoms with Crippen molar-refractivity contribution in [2.24, 2.45) is 0 Å². The number of likely N-dealkylation sites (tertiary alicyclic amines) is 1. The second kappa shape index (κ2) is 5.59. The molecule has 1 saturated heterocycles. The van der Waals surface area contributed by atoms with Crippen molar-refractivity contribution in [2.45, 2.75) is 52.6 Å². The Bertz CT molecular complexity index is 688. The number of nitrogens with zero attached hydrogens (tertiary/aromatic N) is 4. The van der Waals surface area contributed by atoms with Gasteiger partial charge in [0, 0.05) is 18.3 Å². The molecule has 2 aromatic rings. The quantitative estimate of drug-likeness (QED) is 0.874. The fourth-order valence-corrected chi connectivity index (χ4v) is 3.25. The number of aryl methyl sites for hydroxylation is 3. The summed E-state index contributed by atoms with van der Waals surface area (Å²) in [5.74, 6) is 0.867. The van der Waals surface area contributed by atoms with Crippen molar-refractivity contribution in [2.75, 3.05) is 6.54 Å². The lowest BCUT2D eigenvalue weighted by Crippen LogP contribution is -2.36. The second-order valence-corrected chi connectivity index (χ2v) is 6.11. The van der Waals surface area contributed by atoms with E-state index in [0.29, 0.717) is 0 Å². The molecule has 0 N–H and O–H groups in total. The molecule has 3 rings (SSSR count). The summed E-state index contributed by atoms with van der Waals surface area (Å²) in [6.45, 7) is 8.48. The fourth-order valence-electron chi connectivity index (χ4n) is 3.25. The summed E-state index contributed by atoms with van der Waals surface area (Å²) >= 11 is 0. The highest BCUT2D eigenvalue weighted by atomic mass is 16.5. The van der Waals surface area contributed by atoms with Crippen LogP contribution in [-0.4, -0.2) is 32.3 Å². The Hall–Kier alpha value is -2.11. The molecule has 118 valence electrons. The number of amides is 1. The predicted octanol–water partition coefficient (Wildman–Crippen LogP) is 2.72. The molecule has 1 fully saturated rings. The van der Waals surface area contributed by atoms with Gasteiger partial charge in [-0.05, 0) is 46.6 Å². The second-order valence-electron chi connectivity index (χ2n) is 6.11. The molecule has 0 spiro atoms. The van der Waals surface area contributed by atoms with E-state index in [0.717, 1.165) is 42.2 Å². The van der Waals surface area contributed by atoms with Gasteiger partial charge in [-0.2, -0.15) is 5.10 Å². The Kier molecular flexibility index (Phi) is 3.76. The summed E-state index contributed by atoms with van der Waals surface area (Å²) in [5, 5.41) is 8.38. The van der Waals surface area contributed by atoms with Crippen LogP contribution in [0.2, 0.25) is 0 Å². The molecule has 1 amide bonds. The van der Waals surface area contributed by atoms with E-state index in [1.165, 1.54) is 0 Å². The van der Waals surface area contributed by atoms with E-state index in [-0.39, 0.29) is 18.0 Å². The zero-order valence-corrected chi connectivity index (χ0v) is 13.5. The molecule has 6 nitrogen and oxygen atoms in total. The van der Waals surface area contributed by atoms with Crippen molar-refractivity contribution in [1.29, 1.82) is 0 Å². The molecule has 6 heteroatoms. The smallest absolute Gasteiger partial charge is 0.247 e. The van der Waals surface area contributed by atoms with E-state index < -0.39 is 0 Å². The van der Waals surface area contributed by atoms with E-state index in [1.54, 1.807) is 4.68 Å². The minimum Gasteiger partial charge on any atom is -0.359 e. The van der Waals surface area contributed by atoms with Gasteiger partial charge in [0.05, 0.1) is 17.4 Å². The molecule has 2 atom stereocenters. The Morgan fingerprint density at radius 2 is 2.09 bits per heavy atom. The van der Waals surface area contributed by atoms with E-state index in [4.69, 9.17) is 4.52 Å². The van der Waals surface area contributed by atoms with Gasteiger partial charge in [0.2, 0.25) is 5.91 Å². The summed E-state index contributed by atoms with van der Waals surface area (Å²) < 4.78 is 7.18. The molecule has 0 radical (unpaired) electrons. The van der Waals surface area contributed by atoms with E-state index in [9.17, 15) is 4.79 Å². The van der Waals surface area contributed by atoms with E-state index in [1.807, 2.05) is 44.7 Å². The number of rotatable bonds is 3. The Balaban J connectivity index is 1.83. The normalized spacial score (nSPS) is 19.6. The largest absolute Gasteiger partial charge is 0.359 e. The first-order valence-electron chi connectivity index (χ1n) is 7.74. The first kappa shape index (κ1) is 14.8. The molecule has 2 aromatic heterocycles. The van der Waals surface area contributed by atoms with Gasteiger partial charge >= 0.3 is 0 Å². The van der Waals surface area contributed by atoms with Crippen LogP contribution in [0.5, 0.6) is 0 Å². The number of hydrogen-bond acceptors (Lipinski definition) is 4. The molecule has 3 heterocycles. The molecule has 1 aliphatic rings. The van der Waals surface area contributed by atoms with Crippen molar-refractivity contribution in [3.63, 3.8) is 0 Å². The molecule has 0 aliphatic carbocycles. The number of carbonyl (C=O) groups excluding carboxylic acids is 1. The average Bonchev–Trinajstić information content (AvgIpc) is 3.17. The number of hydrogen-bond donors (Lipinski definition) is 0. The van der Waals surface area contributed by atoms with Crippen LogP contribution in [0.15, 0.2) is 16.7 Å². The van der Waals surface area contributed by atoms with Crippen molar-refractivity contribution in [1.82, 2.24) is 19.8 Å². The van der Waals surface area contributed by atoms with Crippen LogP contribution in [0.3, 0.4) is 0 Å². The van der Waals surface area contributed by atoms with Crippen molar-refractivity contribution in [3.05, 3.63) is 35.0 Å². The predicted molar refractivity (Wildman–Crippen MR) is 81.3 cm³/mol. The average molecular weight is 302 g/mol. The van der Waals surface area contributed by atoms with E-state index in [2.05, 4.69) is 10.3 Å². The molecular formula is C16H22N4O2. The van der Waals surface area contributed by atoms with Crippen LogP contribution in [0, 0.1) is 20.8 Å². The molecule has 0 bridgehead atoms. The maximum Gasteiger partial charge on any atom is 0.247 e. The Morgan fingerprint density at radius 1 is 1.32 bits per heavy atom. The zero-order chi connectivity index (χ0) is 15.9. The summed E-state index contributed by atoms with van der Waals surface area (Å²) in [4.78, 5) is 14.8. The lowest BCUT2D eigenvalue weighted by molar-refractivity contribution is -0.136. The van der Waals surface area contributed by atoms with Crippen LogP contribution in [0.1, 0.15) is 54.7 Å². The van der Waals surface area contributed by atoms with Gasteiger partial charge in [-0.3, -0.25) is 9.48 Å². The van der Waals surface area contributed by atoms with Gasteiger partial charge in [-0.15, -0.1) is 0 Å². The Labute approximate surface area is 130 Å². The van der Waals surface area contributed by atoms with Crippen molar-refractivity contribution < 1.29 is 9.32 Å². The van der Waals surface area contributed by atoms with Crippen molar-refractivity contribution in [3.8, 4) is 0 Å². The van der Waals surface area contributed by atoms with Gasteiger partial charge in [0.1, 0.15) is 6.04 Å². The number of carbonyl (C=O) groups is 1. The highest BCUT2D eigenvalue weighted by Gasteiger charge is 2.35. The standard InChI is InChI=1S/C16H22N4O2/c1-10-8-12(3)20(17-10)13(4)16(21)19-7-5-6-14(19)15-9-11(2)18-22-15/h8-9,13-14H,5-7H2,1-4H3/t13-,14+/m0/s1. The van der Waals surface area contributed by atoms with Crippen LogP contribution in [-0.2, 0) is 4.79 Å². The highest BCUT2D eigenvalue weighted by Crippen LogP contribution is 2.34. The summed E-state index contributed by atoms with van der Waals surface area (Å²) in [7, 11) is 0. The minimum absolute atomic E-state index is 0.00637. The van der Waals surface area contributed by atoms with Gasteiger partial charge < -0.3 is 9.42 Å². The van der Waals surface area contributed by atoms with Gasteiger partial charge in [-0.25, -0.2) is 0 Å². The third kappa shape index (κ3) is 2.53. The molecule has 0 saturated carbocycles. The highest BCUT2D eigenvalue weighted by molar-refractivity contribution is 5.80. The zero-order valence-electron chi connectivity index (χ0n) is 13.5. The van der Waals surface area contributed by atoms with Crippen LogP contribution >= 0.6 is 0 Å². The van der Waals surface area contributed by atoms with Crippen LogP contribution in [0.25, 0.3) is 0 Å². The van der Waals surface area contributed by atoms with Crippen molar-refractivity contribution >= 4 is 5.91 Å². The third-order valence-corrected chi connectivity index (χ3v) is 4.28. The molecule has 0 unspecified atom stereocenters.